The lowest BCUT2D eigenvalue weighted by molar-refractivity contribution is -0.656. The molecule has 0 amide bonds. The number of hydrogen-bond acceptors (Lipinski definition) is 3. The van der Waals surface area contributed by atoms with Crippen molar-refractivity contribution in [2.75, 3.05) is 23.7 Å². The molecule has 3 nitrogen and oxygen atoms in total. The van der Waals surface area contributed by atoms with Crippen molar-refractivity contribution in [3.05, 3.63) is 65.0 Å². The van der Waals surface area contributed by atoms with Crippen LogP contribution in [0, 0.1) is 19.7 Å². The lowest BCUT2D eigenvalue weighted by Gasteiger charge is -2.24. The molecule has 0 fully saturated rings. The Morgan fingerprint density at radius 3 is 2.68 bits per heavy atom. The number of aryl methyl sites for hydroxylation is 2. The molecule has 2 aromatic carbocycles. The number of nitrogens with zero attached hydrogens (tertiary/aromatic N) is 2. The number of aliphatic hydroxyl groups is 1. The molecular formula is C20H22FN2OS+. The minimum absolute atomic E-state index is 0.283. The Balaban J connectivity index is 1.83. The van der Waals surface area contributed by atoms with Crippen molar-refractivity contribution >= 4 is 22.6 Å². The third-order valence-corrected chi connectivity index (χ3v) is 6.20. The third-order valence-electron chi connectivity index (χ3n) is 5.01. The minimum atomic E-state index is -1.13. The summed E-state index contributed by atoms with van der Waals surface area (Å²) in [5.41, 5.74) is 3.12. The molecule has 0 saturated heterocycles. The topological polar surface area (TPSA) is 26.5 Å². The van der Waals surface area contributed by atoms with E-state index in [1.165, 1.54) is 23.3 Å². The predicted octanol–water partition coefficient (Wildman–Crippen LogP) is 3.61. The summed E-state index contributed by atoms with van der Waals surface area (Å²) >= 11 is 1.79. The zero-order valence-electron chi connectivity index (χ0n) is 14.5. The van der Waals surface area contributed by atoms with Crippen molar-refractivity contribution in [3.8, 4) is 0 Å². The Morgan fingerprint density at radius 2 is 1.92 bits per heavy atom. The van der Waals surface area contributed by atoms with E-state index in [9.17, 15) is 9.50 Å². The molecule has 4 rings (SSSR count). The quantitative estimate of drug-likeness (QED) is 0.832. The van der Waals surface area contributed by atoms with Gasteiger partial charge in [-0.1, -0.05) is 12.1 Å². The van der Waals surface area contributed by atoms with Gasteiger partial charge in [0.05, 0.1) is 6.54 Å². The van der Waals surface area contributed by atoms with Gasteiger partial charge in [0.15, 0.2) is 6.54 Å². The fourth-order valence-electron chi connectivity index (χ4n) is 3.66. The second kappa shape index (κ2) is 6.15. The first-order valence-electron chi connectivity index (χ1n) is 8.60. The van der Waals surface area contributed by atoms with E-state index in [0.29, 0.717) is 6.54 Å². The number of amidine groups is 1. The lowest BCUT2D eigenvalue weighted by Crippen LogP contribution is -2.41. The van der Waals surface area contributed by atoms with Crippen LogP contribution in [0.1, 0.15) is 23.1 Å². The van der Waals surface area contributed by atoms with Gasteiger partial charge in [-0.05, 0) is 73.5 Å². The number of benzene rings is 2. The van der Waals surface area contributed by atoms with E-state index >= 15 is 0 Å². The zero-order valence-corrected chi connectivity index (χ0v) is 15.3. The summed E-state index contributed by atoms with van der Waals surface area (Å²) in [4.78, 5) is 2.22. The predicted molar refractivity (Wildman–Crippen MR) is 101 cm³/mol. The number of rotatable bonds is 2. The maximum Gasteiger partial charge on any atom is 0.316 e. The molecule has 0 aromatic heterocycles. The average molecular weight is 357 g/mol. The van der Waals surface area contributed by atoms with Crippen LogP contribution in [0.2, 0.25) is 0 Å². The van der Waals surface area contributed by atoms with Crippen LogP contribution in [-0.2, 0) is 5.72 Å². The average Bonchev–Trinajstić information content (AvgIpc) is 2.92. The summed E-state index contributed by atoms with van der Waals surface area (Å²) in [7, 11) is 0. The molecule has 2 aromatic rings. The summed E-state index contributed by atoms with van der Waals surface area (Å²) in [6.07, 6.45) is 1.03. The molecule has 0 spiro atoms. The van der Waals surface area contributed by atoms with Crippen LogP contribution in [0.4, 0.5) is 10.1 Å². The van der Waals surface area contributed by atoms with Gasteiger partial charge in [-0.2, -0.15) is 0 Å². The Hall–Kier alpha value is -1.85. The van der Waals surface area contributed by atoms with Gasteiger partial charge < -0.3 is 5.11 Å². The Bertz CT molecular complexity index is 849. The second-order valence-electron chi connectivity index (χ2n) is 6.84. The Kier molecular flexibility index (Phi) is 4.08. The third kappa shape index (κ3) is 2.75. The molecule has 2 heterocycles. The molecule has 0 unspecified atom stereocenters. The molecule has 130 valence electrons. The maximum atomic E-state index is 13.4. The largest absolute Gasteiger partial charge is 0.346 e. The Labute approximate surface area is 151 Å². The van der Waals surface area contributed by atoms with Gasteiger partial charge in [-0.3, -0.25) is 0 Å². The van der Waals surface area contributed by atoms with E-state index in [1.807, 2.05) is 0 Å². The molecule has 5 heteroatoms. The van der Waals surface area contributed by atoms with Crippen molar-refractivity contribution in [1.29, 1.82) is 0 Å². The zero-order chi connectivity index (χ0) is 17.6. The monoisotopic (exact) mass is 357 g/mol. The normalized spacial score (nSPS) is 23.1. The SMILES string of the molecule is Cc1ccc(C)c(N2C[C@](O)(c3ccc(F)cc3)[N+]3=C2SCCC3)c1. The van der Waals surface area contributed by atoms with Crippen LogP contribution in [-0.4, -0.2) is 33.7 Å². The summed E-state index contributed by atoms with van der Waals surface area (Å²) in [6.45, 7) is 5.44. The summed E-state index contributed by atoms with van der Waals surface area (Å²) in [5, 5.41) is 12.7. The van der Waals surface area contributed by atoms with Crippen LogP contribution in [0.5, 0.6) is 0 Å². The van der Waals surface area contributed by atoms with E-state index in [4.69, 9.17) is 0 Å². The van der Waals surface area contributed by atoms with E-state index in [2.05, 4.69) is 41.5 Å². The fourth-order valence-corrected chi connectivity index (χ4v) is 4.84. The van der Waals surface area contributed by atoms with Gasteiger partial charge in [-0.15, -0.1) is 0 Å². The summed E-state index contributed by atoms with van der Waals surface area (Å²) < 4.78 is 15.4. The molecule has 0 bridgehead atoms. The minimum Gasteiger partial charge on any atom is -0.346 e. The number of anilines is 1. The highest BCUT2D eigenvalue weighted by atomic mass is 32.2. The van der Waals surface area contributed by atoms with Crippen LogP contribution >= 0.6 is 11.8 Å². The summed E-state index contributed by atoms with van der Waals surface area (Å²) in [5.74, 6) is 0.765. The lowest BCUT2D eigenvalue weighted by atomic mass is 10.0. The van der Waals surface area contributed by atoms with Gasteiger partial charge >= 0.3 is 5.17 Å². The van der Waals surface area contributed by atoms with Crippen molar-refractivity contribution in [3.63, 3.8) is 0 Å². The Morgan fingerprint density at radius 1 is 1.16 bits per heavy atom. The van der Waals surface area contributed by atoms with Crippen LogP contribution < -0.4 is 4.90 Å². The molecule has 0 saturated carbocycles. The van der Waals surface area contributed by atoms with E-state index in [-0.39, 0.29) is 5.82 Å². The first-order valence-corrected chi connectivity index (χ1v) is 9.58. The number of halogens is 1. The molecule has 1 N–H and O–H groups in total. The van der Waals surface area contributed by atoms with E-state index in [0.717, 1.165) is 35.1 Å². The van der Waals surface area contributed by atoms with Gasteiger partial charge in [-0.25, -0.2) is 13.9 Å². The van der Waals surface area contributed by atoms with Crippen molar-refractivity contribution in [1.82, 2.24) is 0 Å². The second-order valence-corrected chi connectivity index (χ2v) is 7.90. The highest BCUT2D eigenvalue weighted by Crippen LogP contribution is 2.38. The van der Waals surface area contributed by atoms with Crippen molar-refractivity contribution in [2.24, 2.45) is 0 Å². The van der Waals surface area contributed by atoms with Gasteiger partial charge in [0, 0.05) is 11.3 Å². The van der Waals surface area contributed by atoms with Crippen LogP contribution in [0.25, 0.3) is 0 Å². The van der Waals surface area contributed by atoms with Crippen LogP contribution in [0.3, 0.4) is 0 Å². The van der Waals surface area contributed by atoms with Crippen molar-refractivity contribution in [2.45, 2.75) is 26.0 Å². The highest BCUT2D eigenvalue weighted by molar-refractivity contribution is 8.13. The van der Waals surface area contributed by atoms with Gasteiger partial charge in [0.1, 0.15) is 11.5 Å². The molecule has 25 heavy (non-hydrogen) atoms. The number of thioether (sulfide) groups is 1. The first kappa shape index (κ1) is 16.6. The molecule has 0 aliphatic carbocycles. The highest BCUT2D eigenvalue weighted by Gasteiger charge is 2.53. The van der Waals surface area contributed by atoms with E-state index < -0.39 is 5.72 Å². The van der Waals surface area contributed by atoms with Gasteiger partial charge in [0.25, 0.3) is 5.72 Å². The van der Waals surface area contributed by atoms with Crippen LogP contribution in [0.15, 0.2) is 42.5 Å². The maximum absolute atomic E-state index is 13.4. The van der Waals surface area contributed by atoms with Crippen molar-refractivity contribution < 1.29 is 14.1 Å². The molecular weight excluding hydrogens is 335 g/mol. The smallest absolute Gasteiger partial charge is 0.316 e. The molecule has 0 radical (unpaired) electrons. The van der Waals surface area contributed by atoms with Gasteiger partial charge in [0.2, 0.25) is 0 Å². The fraction of sp³-hybridized carbons (Fsp3) is 0.350. The molecule has 2 aliphatic heterocycles. The molecule has 1 atom stereocenters. The molecule has 2 aliphatic rings. The first-order chi connectivity index (χ1) is 12.0. The number of hydrogen-bond donors (Lipinski definition) is 1. The summed E-state index contributed by atoms with van der Waals surface area (Å²) in [6, 6.07) is 12.6. The number of β-amino-alcohol motifs (C(OH)–C–C–N with tert-alkyl or cyclic N) is 1. The van der Waals surface area contributed by atoms with E-state index in [1.54, 1.807) is 23.9 Å². The standard InChI is InChI=1S/C20H22FN2OS/c1-14-4-5-15(2)18(12-14)22-13-20(24,16-6-8-17(21)9-7-16)23-10-3-11-25-19(22)23/h4-9,12,24H,3,10-11,13H2,1-2H3/q+1/t20-/m0/s1.